The number of aliphatic hydroxyl groups is 1. The third kappa shape index (κ3) is 1.97. The number of ether oxygens (including phenoxy) is 1. The number of aryl methyl sites for hydroxylation is 2. The lowest BCUT2D eigenvalue weighted by Crippen LogP contribution is -2.50. The van der Waals surface area contributed by atoms with Gasteiger partial charge in [-0.3, -0.25) is 0 Å². The molecular formula is C15H18N2O2. The molecule has 0 bridgehead atoms. The summed E-state index contributed by atoms with van der Waals surface area (Å²) in [5.41, 5.74) is 3.97. The highest BCUT2D eigenvalue weighted by Gasteiger charge is 2.43. The third-order valence-electron chi connectivity index (χ3n) is 3.77. The Morgan fingerprint density at radius 2 is 1.95 bits per heavy atom. The van der Waals surface area contributed by atoms with Crippen molar-refractivity contribution in [3.63, 3.8) is 0 Å². The normalized spacial score (nSPS) is 17.2. The van der Waals surface area contributed by atoms with E-state index in [2.05, 4.69) is 41.2 Å². The number of H-pyrrole nitrogens is 1. The molecule has 0 spiro atoms. The molecule has 2 N–H and O–H groups in total. The van der Waals surface area contributed by atoms with E-state index >= 15 is 0 Å². The van der Waals surface area contributed by atoms with Crippen molar-refractivity contribution in [2.24, 2.45) is 0 Å². The summed E-state index contributed by atoms with van der Waals surface area (Å²) in [5.74, 6) is 0.828. The quantitative estimate of drug-likeness (QED) is 0.884. The Bertz CT molecular complexity index is 577. The minimum absolute atomic E-state index is 0.0628. The summed E-state index contributed by atoms with van der Waals surface area (Å²) >= 11 is 0. The highest BCUT2D eigenvalue weighted by Crippen LogP contribution is 2.32. The van der Waals surface area contributed by atoms with Gasteiger partial charge >= 0.3 is 0 Å². The van der Waals surface area contributed by atoms with E-state index in [1.807, 2.05) is 6.92 Å². The molecule has 19 heavy (non-hydrogen) atoms. The van der Waals surface area contributed by atoms with Gasteiger partial charge in [-0.05, 0) is 13.8 Å². The predicted octanol–water partition coefficient (Wildman–Crippen LogP) is 1.95. The molecule has 0 aliphatic carbocycles. The van der Waals surface area contributed by atoms with Crippen molar-refractivity contribution in [3.8, 4) is 11.3 Å². The first-order valence-corrected chi connectivity index (χ1v) is 6.47. The number of hydrogen-bond acceptors (Lipinski definition) is 3. The first kappa shape index (κ1) is 12.4. The van der Waals surface area contributed by atoms with Gasteiger partial charge in [-0.2, -0.15) is 0 Å². The molecule has 2 aromatic rings. The van der Waals surface area contributed by atoms with E-state index in [-0.39, 0.29) is 12.0 Å². The predicted molar refractivity (Wildman–Crippen MR) is 73.1 cm³/mol. The molecule has 1 fully saturated rings. The van der Waals surface area contributed by atoms with Gasteiger partial charge in [0, 0.05) is 11.3 Å². The summed E-state index contributed by atoms with van der Waals surface area (Å²) in [5, 5.41) is 9.56. The molecular weight excluding hydrogens is 240 g/mol. The Labute approximate surface area is 112 Å². The summed E-state index contributed by atoms with van der Waals surface area (Å²) in [4.78, 5) is 7.98. The maximum atomic E-state index is 9.56. The van der Waals surface area contributed by atoms with Crippen LogP contribution in [0.5, 0.6) is 0 Å². The molecule has 0 saturated carbocycles. The van der Waals surface area contributed by atoms with Gasteiger partial charge in [0.2, 0.25) is 0 Å². The van der Waals surface area contributed by atoms with E-state index in [1.165, 1.54) is 5.56 Å². The van der Waals surface area contributed by atoms with Crippen molar-refractivity contribution < 1.29 is 9.84 Å². The van der Waals surface area contributed by atoms with Gasteiger partial charge in [-0.15, -0.1) is 0 Å². The van der Waals surface area contributed by atoms with Gasteiger partial charge in [-0.25, -0.2) is 4.98 Å². The average Bonchev–Trinajstić information content (AvgIpc) is 2.72. The van der Waals surface area contributed by atoms with Gasteiger partial charge in [0.05, 0.1) is 30.9 Å². The Balaban J connectivity index is 2.00. The summed E-state index contributed by atoms with van der Waals surface area (Å²) in [6.45, 7) is 5.20. The van der Waals surface area contributed by atoms with E-state index in [0.29, 0.717) is 13.2 Å². The van der Waals surface area contributed by atoms with Crippen LogP contribution in [0.25, 0.3) is 11.3 Å². The van der Waals surface area contributed by atoms with Crippen molar-refractivity contribution in [3.05, 3.63) is 41.3 Å². The smallest absolute Gasteiger partial charge is 0.120 e. The van der Waals surface area contributed by atoms with Crippen molar-refractivity contribution in [1.82, 2.24) is 9.97 Å². The van der Waals surface area contributed by atoms with Crippen molar-refractivity contribution in [1.29, 1.82) is 0 Å². The van der Waals surface area contributed by atoms with E-state index in [9.17, 15) is 5.11 Å². The lowest BCUT2D eigenvalue weighted by atomic mass is 9.86. The fraction of sp³-hybridized carbons (Fsp3) is 0.400. The maximum absolute atomic E-state index is 9.56. The monoisotopic (exact) mass is 258 g/mol. The van der Waals surface area contributed by atoms with E-state index in [4.69, 9.17) is 4.74 Å². The molecule has 0 radical (unpaired) electrons. The van der Waals surface area contributed by atoms with Crippen LogP contribution in [0, 0.1) is 13.8 Å². The van der Waals surface area contributed by atoms with Gasteiger partial charge < -0.3 is 14.8 Å². The molecule has 1 aromatic carbocycles. The molecule has 1 saturated heterocycles. The lowest BCUT2D eigenvalue weighted by molar-refractivity contribution is -0.0880. The van der Waals surface area contributed by atoms with Gasteiger partial charge in [0.1, 0.15) is 5.82 Å². The largest absolute Gasteiger partial charge is 0.395 e. The highest BCUT2D eigenvalue weighted by molar-refractivity contribution is 5.62. The molecule has 1 aliphatic heterocycles. The fourth-order valence-corrected chi connectivity index (χ4v) is 2.36. The number of hydrogen-bond donors (Lipinski definition) is 2. The summed E-state index contributed by atoms with van der Waals surface area (Å²) in [6, 6.07) is 8.31. The minimum Gasteiger partial charge on any atom is -0.395 e. The second kappa shape index (κ2) is 4.47. The molecule has 1 aromatic heterocycles. The Kier molecular flexibility index (Phi) is 2.92. The Morgan fingerprint density at radius 3 is 2.47 bits per heavy atom. The molecule has 4 heteroatoms. The van der Waals surface area contributed by atoms with Crippen LogP contribution < -0.4 is 0 Å². The number of aromatic nitrogens is 2. The average molecular weight is 258 g/mol. The Morgan fingerprint density at radius 1 is 1.26 bits per heavy atom. The number of nitrogens with zero attached hydrogens (tertiary/aromatic N) is 1. The first-order valence-electron chi connectivity index (χ1n) is 6.47. The summed E-state index contributed by atoms with van der Waals surface area (Å²) < 4.78 is 5.23. The van der Waals surface area contributed by atoms with Crippen molar-refractivity contribution in [2.45, 2.75) is 19.3 Å². The van der Waals surface area contributed by atoms with Gasteiger partial charge in [0.25, 0.3) is 0 Å². The first-order chi connectivity index (χ1) is 9.14. The maximum Gasteiger partial charge on any atom is 0.120 e. The second-order valence-corrected chi connectivity index (χ2v) is 5.36. The van der Waals surface area contributed by atoms with Gasteiger partial charge in [0.15, 0.2) is 0 Å². The van der Waals surface area contributed by atoms with Crippen LogP contribution in [-0.4, -0.2) is 34.9 Å². The highest BCUT2D eigenvalue weighted by atomic mass is 16.5. The molecule has 100 valence electrons. The fourth-order valence-electron chi connectivity index (χ4n) is 2.36. The third-order valence-corrected chi connectivity index (χ3v) is 3.77. The van der Waals surface area contributed by atoms with Crippen LogP contribution in [0.15, 0.2) is 24.3 Å². The molecule has 0 unspecified atom stereocenters. The zero-order chi connectivity index (χ0) is 13.5. The van der Waals surface area contributed by atoms with Crippen LogP contribution in [0.4, 0.5) is 0 Å². The number of aliphatic hydroxyl groups excluding tert-OH is 1. The number of nitrogens with one attached hydrogen (secondary N) is 1. The minimum atomic E-state index is -0.340. The van der Waals surface area contributed by atoms with Crippen molar-refractivity contribution in [2.75, 3.05) is 19.8 Å². The Hall–Kier alpha value is -1.65. The number of rotatable bonds is 3. The second-order valence-electron chi connectivity index (χ2n) is 5.36. The number of imidazole rings is 1. The van der Waals surface area contributed by atoms with Crippen LogP contribution in [0.3, 0.4) is 0 Å². The molecule has 0 amide bonds. The standard InChI is InChI=1S/C15H18N2O2/c1-10-3-5-12(6-4-10)13-11(2)16-14(17-13)15(7-18)8-19-9-15/h3-6,18H,7-9H2,1-2H3,(H,16,17). The molecule has 2 heterocycles. The van der Waals surface area contributed by atoms with E-state index in [1.54, 1.807) is 0 Å². The molecule has 0 atom stereocenters. The number of aromatic amines is 1. The molecule has 1 aliphatic rings. The van der Waals surface area contributed by atoms with Crippen LogP contribution in [-0.2, 0) is 10.2 Å². The molecule has 4 nitrogen and oxygen atoms in total. The van der Waals surface area contributed by atoms with Crippen LogP contribution in [0.1, 0.15) is 17.1 Å². The summed E-state index contributed by atoms with van der Waals surface area (Å²) in [6.07, 6.45) is 0. The SMILES string of the molecule is Cc1ccc(-c2nc(C3(CO)COC3)[nH]c2C)cc1. The zero-order valence-corrected chi connectivity index (χ0v) is 11.2. The lowest BCUT2D eigenvalue weighted by Gasteiger charge is -2.37. The van der Waals surface area contributed by atoms with Gasteiger partial charge in [-0.1, -0.05) is 29.8 Å². The van der Waals surface area contributed by atoms with Crippen LogP contribution >= 0.6 is 0 Å². The van der Waals surface area contributed by atoms with E-state index < -0.39 is 0 Å². The number of benzene rings is 1. The zero-order valence-electron chi connectivity index (χ0n) is 11.2. The topological polar surface area (TPSA) is 58.1 Å². The van der Waals surface area contributed by atoms with Crippen LogP contribution in [0.2, 0.25) is 0 Å². The van der Waals surface area contributed by atoms with Crippen molar-refractivity contribution >= 4 is 0 Å². The van der Waals surface area contributed by atoms with E-state index in [0.717, 1.165) is 22.8 Å². The summed E-state index contributed by atoms with van der Waals surface area (Å²) in [7, 11) is 0. The molecule has 3 rings (SSSR count).